The normalized spacial score (nSPS) is 13.5. The summed E-state index contributed by atoms with van der Waals surface area (Å²) >= 11 is 7.18. The van der Waals surface area contributed by atoms with E-state index in [2.05, 4.69) is 10.5 Å². The van der Waals surface area contributed by atoms with Gasteiger partial charge >= 0.3 is 0 Å². The van der Waals surface area contributed by atoms with Crippen molar-refractivity contribution in [3.63, 3.8) is 0 Å². The molecule has 4 N–H and O–H groups in total. The molecule has 0 saturated carbocycles. The number of rotatable bonds is 4. The van der Waals surface area contributed by atoms with Crippen LogP contribution in [-0.4, -0.2) is 17.0 Å². The summed E-state index contributed by atoms with van der Waals surface area (Å²) in [6, 6.07) is 3.48. The number of nitrogens with two attached hydrogens (primary N) is 1. The summed E-state index contributed by atoms with van der Waals surface area (Å²) in [5, 5.41) is 13.7. The lowest BCUT2D eigenvalue weighted by Crippen LogP contribution is -2.30. The maximum atomic E-state index is 11.4. The maximum absolute atomic E-state index is 11.4. The first-order valence-electron chi connectivity index (χ1n) is 4.54. The molecule has 0 aliphatic carbocycles. The fourth-order valence-electron chi connectivity index (χ4n) is 1.12. The molecule has 5 nitrogen and oxygen atoms in total. The minimum absolute atomic E-state index is 0.117. The smallest absolute Gasteiger partial charge is 0.228 e. The molecule has 0 aliphatic heterocycles. The Morgan fingerprint density at radius 2 is 2.44 bits per heavy atom. The first-order valence-corrected chi connectivity index (χ1v) is 5.73. The number of amidine groups is 1. The average molecular weight is 262 g/mol. The molecule has 1 rings (SSSR count). The number of nitrogens with zero attached hydrogens (tertiary/aromatic N) is 1. The molecule has 0 aliphatic rings. The van der Waals surface area contributed by atoms with Gasteiger partial charge < -0.3 is 16.3 Å². The fraction of sp³-hybridized carbons (Fsp3) is 0.333. The van der Waals surface area contributed by atoms with Crippen LogP contribution in [0.3, 0.4) is 0 Å². The Hall–Kier alpha value is -1.27. The van der Waals surface area contributed by atoms with Gasteiger partial charge in [0.15, 0.2) is 0 Å². The van der Waals surface area contributed by atoms with E-state index in [0.29, 0.717) is 4.34 Å². The molecular formula is C9H12ClN3O2S. The molecule has 1 atom stereocenters. The summed E-state index contributed by atoms with van der Waals surface area (Å²) in [6.45, 7) is 1.84. The average Bonchev–Trinajstić information content (AvgIpc) is 2.64. The van der Waals surface area contributed by atoms with Crippen molar-refractivity contribution in [2.75, 3.05) is 0 Å². The minimum Gasteiger partial charge on any atom is -0.409 e. The lowest BCUT2D eigenvalue weighted by Gasteiger charge is -2.11. The summed E-state index contributed by atoms with van der Waals surface area (Å²) in [5.41, 5.74) is 5.21. The number of nitrogens with one attached hydrogen (secondary N) is 1. The van der Waals surface area contributed by atoms with E-state index in [1.54, 1.807) is 6.07 Å². The van der Waals surface area contributed by atoms with Gasteiger partial charge in [-0.1, -0.05) is 16.8 Å². The number of oxime groups is 1. The fourth-order valence-corrected chi connectivity index (χ4v) is 2.19. The second-order valence-corrected chi connectivity index (χ2v) is 4.95. The Morgan fingerprint density at radius 3 is 2.94 bits per heavy atom. The summed E-state index contributed by atoms with van der Waals surface area (Å²) in [4.78, 5) is 12.3. The zero-order valence-electron chi connectivity index (χ0n) is 8.61. The van der Waals surface area contributed by atoms with Crippen LogP contribution >= 0.6 is 22.9 Å². The lowest BCUT2D eigenvalue weighted by molar-refractivity contribution is -0.120. The minimum atomic E-state index is -0.299. The number of carbonyl (C=O) groups is 1. The maximum Gasteiger partial charge on any atom is 0.228 e. The third-order valence-electron chi connectivity index (χ3n) is 1.87. The van der Waals surface area contributed by atoms with Gasteiger partial charge in [0.1, 0.15) is 5.84 Å². The predicted octanol–water partition coefficient (Wildman–Crippen LogP) is 1.72. The molecule has 0 aromatic carbocycles. The Bertz CT molecular complexity index is 405. The van der Waals surface area contributed by atoms with Gasteiger partial charge in [-0.3, -0.25) is 4.79 Å². The SMILES string of the molecule is CC(NC(=O)CC(N)=NO)c1ccc(Cl)s1. The molecule has 0 bridgehead atoms. The molecule has 16 heavy (non-hydrogen) atoms. The van der Waals surface area contributed by atoms with Gasteiger partial charge in [-0.15, -0.1) is 11.3 Å². The van der Waals surface area contributed by atoms with Crippen LogP contribution < -0.4 is 11.1 Å². The highest BCUT2D eigenvalue weighted by atomic mass is 35.5. The zero-order chi connectivity index (χ0) is 12.1. The van der Waals surface area contributed by atoms with E-state index < -0.39 is 0 Å². The van der Waals surface area contributed by atoms with E-state index in [1.807, 2.05) is 13.0 Å². The summed E-state index contributed by atoms with van der Waals surface area (Å²) in [5.74, 6) is -0.416. The van der Waals surface area contributed by atoms with E-state index in [4.69, 9.17) is 22.5 Å². The van der Waals surface area contributed by atoms with Crippen molar-refractivity contribution < 1.29 is 10.0 Å². The van der Waals surface area contributed by atoms with Crippen molar-refractivity contribution in [3.05, 3.63) is 21.3 Å². The molecule has 0 radical (unpaired) electrons. The van der Waals surface area contributed by atoms with Crippen molar-refractivity contribution >= 4 is 34.7 Å². The Balaban J connectivity index is 2.51. The quantitative estimate of drug-likeness (QED) is 0.334. The summed E-state index contributed by atoms with van der Waals surface area (Å²) in [7, 11) is 0. The second-order valence-electron chi connectivity index (χ2n) is 3.20. The monoisotopic (exact) mass is 261 g/mol. The third-order valence-corrected chi connectivity index (χ3v) is 3.28. The number of amides is 1. The van der Waals surface area contributed by atoms with Gasteiger partial charge in [0.05, 0.1) is 16.8 Å². The van der Waals surface area contributed by atoms with Crippen molar-refractivity contribution in [1.29, 1.82) is 0 Å². The van der Waals surface area contributed by atoms with Gasteiger partial charge in [0, 0.05) is 4.88 Å². The first-order chi connectivity index (χ1) is 7.52. The van der Waals surface area contributed by atoms with Crippen LogP contribution in [0.1, 0.15) is 24.3 Å². The van der Waals surface area contributed by atoms with E-state index in [0.717, 1.165) is 4.88 Å². The van der Waals surface area contributed by atoms with Gasteiger partial charge in [0.25, 0.3) is 0 Å². The largest absolute Gasteiger partial charge is 0.409 e. The highest BCUT2D eigenvalue weighted by Gasteiger charge is 2.12. The number of thiophene rings is 1. The van der Waals surface area contributed by atoms with Crippen molar-refractivity contribution in [1.82, 2.24) is 5.32 Å². The molecule has 0 saturated heterocycles. The molecule has 1 aromatic heterocycles. The Labute approximate surface area is 102 Å². The highest BCUT2D eigenvalue weighted by Crippen LogP contribution is 2.26. The molecule has 1 aromatic rings. The second kappa shape index (κ2) is 5.72. The molecule has 1 amide bonds. The van der Waals surface area contributed by atoms with E-state index in [1.165, 1.54) is 11.3 Å². The van der Waals surface area contributed by atoms with E-state index in [-0.39, 0.29) is 24.2 Å². The number of hydrogen-bond donors (Lipinski definition) is 3. The van der Waals surface area contributed by atoms with Crippen LogP contribution in [0.25, 0.3) is 0 Å². The van der Waals surface area contributed by atoms with Crippen molar-refractivity contribution in [2.24, 2.45) is 10.9 Å². The van der Waals surface area contributed by atoms with Crippen molar-refractivity contribution in [2.45, 2.75) is 19.4 Å². The predicted molar refractivity (Wildman–Crippen MR) is 63.9 cm³/mol. The van der Waals surface area contributed by atoms with E-state index in [9.17, 15) is 4.79 Å². The highest BCUT2D eigenvalue weighted by molar-refractivity contribution is 7.16. The summed E-state index contributed by atoms with van der Waals surface area (Å²) in [6.07, 6.45) is -0.125. The molecule has 7 heteroatoms. The molecule has 1 unspecified atom stereocenters. The zero-order valence-corrected chi connectivity index (χ0v) is 10.2. The molecule has 0 spiro atoms. The van der Waals surface area contributed by atoms with Crippen LogP contribution in [0.5, 0.6) is 0 Å². The Kier molecular flexibility index (Phi) is 4.57. The topological polar surface area (TPSA) is 87.7 Å². The standard InChI is InChI=1S/C9H12ClN3O2S/c1-5(6-2-3-7(10)16-6)12-9(14)4-8(11)13-15/h2-3,5,15H,4H2,1H3,(H2,11,13)(H,12,14). The van der Waals surface area contributed by atoms with Gasteiger partial charge in [0.2, 0.25) is 5.91 Å². The van der Waals surface area contributed by atoms with Crippen LogP contribution in [0.2, 0.25) is 4.34 Å². The van der Waals surface area contributed by atoms with Crippen LogP contribution in [-0.2, 0) is 4.79 Å². The van der Waals surface area contributed by atoms with Crippen LogP contribution in [0, 0.1) is 0 Å². The Morgan fingerprint density at radius 1 is 1.75 bits per heavy atom. The van der Waals surface area contributed by atoms with Gasteiger partial charge in [-0.2, -0.15) is 0 Å². The third kappa shape index (κ3) is 3.71. The van der Waals surface area contributed by atoms with Crippen LogP contribution in [0.15, 0.2) is 17.3 Å². The molecule has 1 heterocycles. The van der Waals surface area contributed by atoms with Crippen molar-refractivity contribution in [3.8, 4) is 0 Å². The molecule has 0 fully saturated rings. The van der Waals surface area contributed by atoms with Gasteiger partial charge in [-0.25, -0.2) is 0 Å². The summed E-state index contributed by atoms with van der Waals surface area (Å²) < 4.78 is 0.674. The number of hydrogen-bond acceptors (Lipinski definition) is 4. The molecule has 88 valence electrons. The van der Waals surface area contributed by atoms with E-state index >= 15 is 0 Å². The lowest BCUT2D eigenvalue weighted by atomic mass is 10.2. The first kappa shape index (κ1) is 12.8. The van der Waals surface area contributed by atoms with Gasteiger partial charge in [-0.05, 0) is 19.1 Å². The molecular weight excluding hydrogens is 250 g/mol. The number of carbonyl (C=O) groups excluding carboxylic acids is 1. The number of halogens is 1. The van der Waals surface area contributed by atoms with Crippen LogP contribution in [0.4, 0.5) is 0 Å².